The van der Waals surface area contributed by atoms with E-state index in [0.717, 1.165) is 29.5 Å². The van der Waals surface area contributed by atoms with E-state index in [1.807, 2.05) is 62.5 Å². The molecule has 2 aromatic rings. The summed E-state index contributed by atoms with van der Waals surface area (Å²) in [6, 6.07) is 16.8. The quantitative estimate of drug-likeness (QED) is 0.466. The molecular formula is C23H31NO2S. The first-order chi connectivity index (χ1) is 12.9. The zero-order valence-electron chi connectivity index (χ0n) is 16.7. The Bertz CT molecular complexity index is 824. The minimum Gasteiger partial charge on any atom is -0.269 e. The van der Waals surface area contributed by atoms with Gasteiger partial charge in [-0.15, -0.1) is 0 Å². The highest BCUT2D eigenvalue weighted by atomic mass is 32.2. The van der Waals surface area contributed by atoms with Gasteiger partial charge in [0.25, 0.3) is 10.0 Å². The predicted octanol–water partition coefficient (Wildman–Crippen LogP) is 6.06. The maximum atomic E-state index is 13.2. The van der Waals surface area contributed by atoms with Gasteiger partial charge in [-0.05, 0) is 44.4 Å². The number of rotatable bonds is 10. The number of aryl methyl sites for hydroxylation is 1. The average molecular weight is 386 g/mol. The van der Waals surface area contributed by atoms with Crippen molar-refractivity contribution in [2.75, 3.05) is 0 Å². The van der Waals surface area contributed by atoms with Gasteiger partial charge in [0.2, 0.25) is 0 Å². The van der Waals surface area contributed by atoms with Gasteiger partial charge in [-0.25, -0.2) is 8.42 Å². The van der Waals surface area contributed by atoms with Crippen LogP contribution in [0.2, 0.25) is 0 Å². The van der Waals surface area contributed by atoms with Crippen LogP contribution in [0.25, 0.3) is 0 Å². The highest BCUT2D eigenvalue weighted by molar-refractivity contribution is 7.89. The van der Waals surface area contributed by atoms with Crippen LogP contribution in [0.4, 0.5) is 0 Å². The van der Waals surface area contributed by atoms with Crippen molar-refractivity contribution < 1.29 is 8.42 Å². The molecule has 0 saturated carbocycles. The summed E-state index contributed by atoms with van der Waals surface area (Å²) in [6.45, 7) is 6.51. The second kappa shape index (κ2) is 10.3. The van der Waals surface area contributed by atoms with Gasteiger partial charge in [0.15, 0.2) is 0 Å². The van der Waals surface area contributed by atoms with Crippen LogP contribution in [0.15, 0.2) is 71.3 Å². The Kier molecular flexibility index (Phi) is 8.11. The van der Waals surface area contributed by atoms with Gasteiger partial charge in [-0.3, -0.25) is 4.31 Å². The molecule has 0 amide bonds. The molecule has 0 heterocycles. The zero-order valence-corrected chi connectivity index (χ0v) is 17.5. The Morgan fingerprint density at radius 2 is 1.63 bits per heavy atom. The van der Waals surface area contributed by atoms with Crippen LogP contribution >= 0.6 is 0 Å². The molecule has 0 N–H and O–H groups in total. The van der Waals surface area contributed by atoms with Gasteiger partial charge < -0.3 is 0 Å². The molecule has 0 aliphatic heterocycles. The van der Waals surface area contributed by atoms with Crippen molar-refractivity contribution in [2.45, 2.75) is 64.3 Å². The van der Waals surface area contributed by atoms with Gasteiger partial charge in [-0.2, -0.15) is 0 Å². The molecule has 0 fully saturated rings. The predicted molar refractivity (Wildman–Crippen MR) is 113 cm³/mol. The molecule has 0 bridgehead atoms. The summed E-state index contributed by atoms with van der Waals surface area (Å²) in [6.07, 6.45) is 7.45. The van der Waals surface area contributed by atoms with Gasteiger partial charge >= 0.3 is 0 Å². The Morgan fingerprint density at radius 3 is 2.26 bits per heavy atom. The van der Waals surface area contributed by atoms with Crippen molar-refractivity contribution in [3.8, 4) is 0 Å². The summed E-state index contributed by atoms with van der Waals surface area (Å²) in [5.74, 6) is 0. The minimum atomic E-state index is -3.59. The lowest BCUT2D eigenvalue weighted by Gasteiger charge is -2.22. The summed E-state index contributed by atoms with van der Waals surface area (Å²) < 4.78 is 28.0. The first-order valence-electron chi connectivity index (χ1n) is 9.73. The molecule has 2 aromatic carbocycles. The lowest BCUT2D eigenvalue weighted by atomic mass is 10.1. The molecule has 0 aliphatic rings. The Hall–Kier alpha value is -2.07. The van der Waals surface area contributed by atoms with Gasteiger partial charge in [0, 0.05) is 6.20 Å². The second-order valence-corrected chi connectivity index (χ2v) is 9.03. The zero-order chi connectivity index (χ0) is 19.7. The van der Waals surface area contributed by atoms with Gasteiger partial charge in [0.05, 0.1) is 11.4 Å². The number of hydrogen-bond acceptors (Lipinski definition) is 2. The number of hydrogen-bond donors (Lipinski definition) is 0. The van der Waals surface area contributed by atoms with Gasteiger partial charge in [0.1, 0.15) is 0 Å². The maximum absolute atomic E-state index is 13.2. The molecule has 146 valence electrons. The third kappa shape index (κ3) is 6.55. The van der Waals surface area contributed by atoms with E-state index in [9.17, 15) is 8.42 Å². The Morgan fingerprint density at radius 1 is 0.963 bits per heavy atom. The molecule has 3 nitrogen and oxygen atoms in total. The number of allylic oxidation sites excluding steroid dienone is 1. The average Bonchev–Trinajstić information content (AvgIpc) is 2.66. The molecule has 0 atom stereocenters. The third-order valence-electron chi connectivity index (χ3n) is 4.60. The lowest BCUT2D eigenvalue weighted by molar-refractivity contribution is 0.491. The van der Waals surface area contributed by atoms with E-state index < -0.39 is 10.0 Å². The summed E-state index contributed by atoms with van der Waals surface area (Å²) in [5.41, 5.74) is 3.12. The van der Waals surface area contributed by atoms with Crippen LogP contribution in [0.1, 0.15) is 57.1 Å². The van der Waals surface area contributed by atoms with Crippen molar-refractivity contribution in [3.05, 3.63) is 77.5 Å². The maximum Gasteiger partial charge on any atom is 0.264 e. The molecule has 27 heavy (non-hydrogen) atoms. The van der Waals surface area contributed by atoms with E-state index in [1.165, 1.54) is 23.6 Å². The summed E-state index contributed by atoms with van der Waals surface area (Å²) >= 11 is 0. The van der Waals surface area contributed by atoms with Crippen molar-refractivity contribution >= 4 is 10.0 Å². The van der Waals surface area contributed by atoms with Crippen LogP contribution in [0.3, 0.4) is 0 Å². The second-order valence-electron chi connectivity index (χ2n) is 7.14. The van der Waals surface area contributed by atoms with Crippen LogP contribution in [-0.4, -0.2) is 12.7 Å². The van der Waals surface area contributed by atoms with E-state index in [0.29, 0.717) is 11.4 Å². The van der Waals surface area contributed by atoms with Crippen molar-refractivity contribution in [2.24, 2.45) is 0 Å². The standard InChI is InChI=1S/C23H31NO2S/c1-4-5-6-8-11-21(3)18-24(19-22-12-9-7-10-13-22)27(25,26)23-16-14-20(2)15-17-23/h7,9-10,12-18H,4-6,8,11,19H2,1-3H3/b21-18-. The summed E-state index contributed by atoms with van der Waals surface area (Å²) in [4.78, 5) is 0.332. The van der Waals surface area contributed by atoms with E-state index in [2.05, 4.69) is 6.92 Å². The van der Waals surface area contributed by atoms with Crippen LogP contribution in [0, 0.1) is 6.92 Å². The Balaban J connectivity index is 2.27. The molecule has 0 aromatic heterocycles. The number of benzene rings is 2. The van der Waals surface area contributed by atoms with Crippen LogP contribution in [0.5, 0.6) is 0 Å². The molecule has 2 rings (SSSR count). The topological polar surface area (TPSA) is 37.4 Å². The fourth-order valence-corrected chi connectivity index (χ4v) is 4.34. The highest BCUT2D eigenvalue weighted by Gasteiger charge is 2.22. The lowest BCUT2D eigenvalue weighted by Crippen LogP contribution is -2.26. The smallest absolute Gasteiger partial charge is 0.264 e. The molecule has 0 saturated heterocycles. The number of nitrogens with zero attached hydrogens (tertiary/aromatic N) is 1. The third-order valence-corrected chi connectivity index (χ3v) is 6.32. The highest BCUT2D eigenvalue weighted by Crippen LogP contribution is 2.21. The Labute approximate surface area is 164 Å². The van der Waals surface area contributed by atoms with Crippen molar-refractivity contribution in [1.82, 2.24) is 4.31 Å². The monoisotopic (exact) mass is 385 g/mol. The van der Waals surface area contributed by atoms with Gasteiger partial charge in [-0.1, -0.05) is 79.8 Å². The molecular weight excluding hydrogens is 354 g/mol. The largest absolute Gasteiger partial charge is 0.269 e. The number of unbranched alkanes of at least 4 members (excludes halogenated alkanes) is 3. The van der Waals surface area contributed by atoms with Crippen molar-refractivity contribution in [3.63, 3.8) is 0 Å². The molecule has 0 aliphatic carbocycles. The van der Waals surface area contributed by atoms with Crippen molar-refractivity contribution in [1.29, 1.82) is 0 Å². The fraction of sp³-hybridized carbons (Fsp3) is 0.391. The fourth-order valence-electron chi connectivity index (χ4n) is 2.95. The number of sulfonamides is 1. The molecule has 0 radical (unpaired) electrons. The SMILES string of the molecule is CCCCCC/C(C)=C\N(Cc1ccccc1)S(=O)(=O)c1ccc(C)cc1. The van der Waals surface area contributed by atoms with Crippen LogP contribution in [-0.2, 0) is 16.6 Å². The first kappa shape index (κ1) is 21.2. The van der Waals surface area contributed by atoms with E-state index in [-0.39, 0.29) is 0 Å². The van der Waals surface area contributed by atoms with E-state index in [1.54, 1.807) is 12.1 Å². The minimum absolute atomic E-state index is 0.332. The molecule has 4 heteroatoms. The van der Waals surface area contributed by atoms with E-state index >= 15 is 0 Å². The summed E-state index contributed by atoms with van der Waals surface area (Å²) in [5, 5.41) is 0. The first-order valence-corrected chi connectivity index (χ1v) is 11.2. The summed E-state index contributed by atoms with van der Waals surface area (Å²) in [7, 11) is -3.59. The van der Waals surface area contributed by atoms with Crippen LogP contribution < -0.4 is 0 Å². The van der Waals surface area contributed by atoms with E-state index in [4.69, 9.17) is 0 Å². The molecule has 0 spiro atoms. The normalized spacial score (nSPS) is 12.2. The molecule has 0 unspecified atom stereocenters.